The Bertz CT molecular complexity index is 833. The quantitative estimate of drug-likeness (QED) is 0.799. The number of alkyl halides is 3. The number of benzene rings is 1. The first-order valence-electron chi connectivity index (χ1n) is 10.3. The largest absolute Gasteiger partial charge is 0.416 e. The Kier molecular flexibility index (Phi) is 6.38. The molecule has 1 aromatic carbocycles. The maximum Gasteiger partial charge on any atom is 0.416 e. The van der Waals surface area contributed by atoms with E-state index in [4.69, 9.17) is 4.74 Å². The van der Waals surface area contributed by atoms with Crippen LogP contribution in [0.15, 0.2) is 36.7 Å². The third kappa shape index (κ3) is 5.40. The SMILES string of the molecule is FC(F)(F)c1cccc(CN2CCC(Nc3cc(N4CCOCC4)ncn3)CC2)c1. The van der Waals surface area contributed by atoms with E-state index in [0.717, 1.165) is 56.7 Å². The van der Waals surface area contributed by atoms with E-state index in [0.29, 0.717) is 25.3 Å². The van der Waals surface area contributed by atoms with Gasteiger partial charge in [-0.25, -0.2) is 9.97 Å². The molecule has 9 heteroatoms. The number of piperidine rings is 1. The molecule has 0 aliphatic carbocycles. The summed E-state index contributed by atoms with van der Waals surface area (Å²) in [6, 6.07) is 7.86. The highest BCUT2D eigenvalue weighted by Gasteiger charge is 2.30. The molecule has 2 fully saturated rings. The molecule has 4 rings (SSSR count). The van der Waals surface area contributed by atoms with Crippen LogP contribution in [0.1, 0.15) is 24.0 Å². The highest BCUT2D eigenvalue weighted by atomic mass is 19.4. The fraction of sp³-hybridized carbons (Fsp3) is 0.524. The first-order chi connectivity index (χ1) is 14.5. The van der Waals surface area contributed by atoms with Crippen molar-refractivity contribution in [1.82, 2.24) is 14.9 Å². The van der Waals surface area contributed by atoms with Crippen molar-refractivity contribution < 1.29 is 17.9 Å². The van der Waals surface area contributed by atoms with E-state index in [1.807, 2.05) is 6.07 Å². The molecule has 3 heterocycles. The average Bonchev–Trinajstić information content (AvgIpc) is 2.76. The van der Waals surface area contributed by atoms with Crippen LogP contribution in [-0.4, -0.2) is 60.3 Å². The smallest absolute Gasteiger partial charge is 0.378 e. The molecular formula is C21H26F3N5O. The second-order valence-corrected chi connectivity index (χ2v) is 7.75. The molecule has 0 atom stereocenters. The van der Waals surface area contributed by atoms with Crippen molar-refractivity contribution in [2.75, 3.05) is 49.6 Å². The Hall–Kier alpha value is -2.39. The van der Waals surface area contributed by atoms with E-state index in [9.17, 15) is 13.2 Å². The molecule has 0 amide bonds. The van der Waals surface area contributed by atoms with E-state index < -0.39 is 11.7 Å². The molecule has 0 spiro atoms. The van der Waals surface area contributed by atoms with Crippen LogP contribution in [0.25, 0.3) is 0 Å². The molecule has 2 aliphatic rings. The van der Waals surface area contributed by atoms with Crippen molar-refractivity contribution >= 4 is 11.6 Å². The first-order valence-corrected chi connectivity index (χ1v) is 10.3. The van der Waals surface area contributed by atoms with Crippen LogP contribution in [0.3, 0.4) is 0 Å². The molecular weight excluding hydrogens is 395 g/mol. The van der Waals surface area contributed by atoms with Gasteiger partial charge < -0.3 is 15.0 Å². The number of morpholine rings is 1. The number of ether oxygens (including phenoxy) is 1. The third-order valence-electron chi connectivity index (χ3n) is 5.59. The highest BCUT2D eigenvalue weighted by molar-refractivity contribution is 5.49. The number of hydrogen-bond donors (Lipinski definition) is 1. The predicted octanol–water partition coefficient (Wildman–Crippen LogP) is 3.41. The fourth-order valence-corrected chi connectivity index (χ4v) is 3.94. The number of halogens is 3. The van der Waals surface area contributed by atoms with Gasteiger partial charge >= 0.3 is 6.18 Å². The van der Waals surface area contributed by atoms with E-state index in [1.54, 1.807) is 12.4 Å². The summed E-state index contributed by atoms with van der Waals surface area (Å²) >= 11 is 0. The number of rotatable bonds is 5. The van der Waals surface area contributed by atoms with Crippen molar-refractivity contribution in [3.63, 3.8) is 0 Å². The second-order valence-electron chi connectivity index (χ2n) is 7.75. The normalized spacial score (nSPS) is 19.1. The zero-order valence-corrected chi connectivity index (χ0v) is 16.7. The molecule has 0 saturated carbocycles. The van der Waals surface area contributed by atoms with Gasteiger partial charge in [0.25, 0.3) is 0 Å². The first kappa shape index (κ1) is 20.9. The summed E-state index contributed by atoms with van der Waals surface area (Å²) < 4.78 is 44.1. The highest BCUT2D eigenvalue weighted by Crippen LogP contribution is 2.30. The van der Waals surface area contributed by atoms with Crippen LogP contribution in [0.2, 0.25) is 0 Å². The summed E-state index contributed by atoms with van der Waals surface area (Å²) in [5.41, 5.74) is 0.110. The summed E-state index contributed by atoms with van der Waals surface area (Å²) in [6.07, 6.45) is -0.897. The summed E-state index contributed by atoms with van der Waals surface area (Å²) in [6.45, 7) is 5.25. The summed E-state index contributed by atoms with van der Waals surface area (Å²) in [4.78, 5) is 13.1. The molecule has 0 radical (unpaired) electrons. The zero-order valence-electron chi connectivity index (χ0n) is 16.7. The molecule has 30 heavy (non-hydrogen) atoms. The van der Waals surface area contributed by atoms with E-state index >= 15 is 0 Å². The topological polar surface area (TPSA) is 53.5 Å². The van der Waals surface area contributed by atoms with Crippen molar-refractivity contribution in [3.05, 3.63) is 47.8 Å². The lowest BCUT2D eigenvalue weighted by Crippen LogP contribution is -2.39. The van der Waals surface area contributed by atoms with Gasteiger partial charge in [-0.05, 0) is 24.5 Å². The number of anilines is 2. The fourth-order valence-electron chi connectivity index (χ4n) is 3.94. The average molecular weight is 421 g/mol. The Balaban J connectivity index is 1.29. The lowest BCUT2D eigenvalue weighted by Gasteiger charge is -2.33. The molecule has 0 unspecified atom stereocenters. The van der Waals surface area contributed by atoms with Gasteiger partial charge in [-0.15, -0.1) is 0 Å². The lowest BCUT2D eigenvalue weighted by molar-refractivity contribution is -0.137. The van der Waals surface area contributed by atoms with Crippen LogP contribution < -0.4 is 10.2 Å². The molecule has 2 aliphatic heterocycles. The van der Waals surface area contributed by atoms with Crippen LogP contribution >= 0.6 is 0 Å². The third-order valence-corrected chi connectivity index (χ3v) is 5.59. The Morgan fingerprint density at radius 3 is 2.53 bits per heavy atom. The molecule has 1 N–H and O–H groups in total. The van der Waals surface area contributed by atoms with Gasteiger partial charge in [-0.3, -0.25) is 4.90 Å². The predicted molar refractivity (Wildman–Crippen MR) is 108 cm³/mol. The van der Waals surface area contributed by atoms with Gasteiger partial charge in [0.15, 0.2) is 0 Å². The summed E-state index contributed by atoms with van der Waals surface area (Å²) in [7, 11) is 0. The molecule has 0 bridgehead atoms. The second kappa shape index (κ2) is 9.18. The van der Waals surface area contributed by atoms with Gasteiger partial charge in [0.1, 0.15) is 18.0 Å². The van der Waals surface area contributed by atoms with Gasteiger partial charge in [0, 0.05) is 44.8 Å². The van der Waals surface area contributed by atoms with E-state index in [1.165, 1.54) is 12.1 Å². The lowest BCUT2D eigenvalue weighted by atomic mass is 10.0. The van der Waals surface area contributed by atoms with Crippen molar-refractivity contribution in [1.29, 1.82) is 0 Å². The van der Waals surface area contributed by atoms with E-state index in [-0.39, 0.29) is 6.04 Å². The zero-order chi connectivity index (χ0) is 21.0. The van der Waals surface area contributed by atoms with Crippen LogP contribution in [-0.2, 0) is 17.5 Å². The number of nitrogens with zero attached hydrogens (tertiary/aromatic N) is 4. The number of aromatic nitrogens is 2. The molecule has 2 saturated heterocycles. The van der Waals surface area contributed by atoms with Crippen molar-refractivity contribution in [2.24, 2.45) is 0 Å². The monoisotopic (exact) mass is 421 g/mol. The minimum Gasteiger partial charge on any atom is -0.378 e. The number of nitrogens with one attached hydrogen (secondary N) is 1. The molecule has 6 nitrogen and oxygen atoms in total. The van der Waals surface area contributed by atoms with Gasteiger partial charge in [0.2, 0.25) is 0 Å². The van der Waals surface area contributed by atoms with Crippen LogP contribution in [0.4, 0.5) is 24.8 Å². The summed E-state index contributed by atoms with van der Waals surface area (Å²) in [5, 5.41) is 3.49. The maximum atomic E-state index is 12.9. The van der Waals surface area contributed by atoms with Crippen LogP contribution in [0.5, 0.6) is 0 Å². The molecule has 2 aromatic rings. The van der Waals surface area contributed by atoms with Crippen molar-refractivity contribution in [2.45, 2.75) is 31.6 Å². The number of likely N-dealkylation sites (tertiary alicyclic amines) is 1. The Morgan fingerprint density at radius 1 is 1.03 bits per heavy atom. The maximum absolute atomic E-state index is 12.9. The van der Waals surface area contributed by atoms with Crippen molar-refractivity contribution in [3.8, 4) is 0 Å². The van der Waals surface area contributed by atoms with Gasteiger partial charge in [-0.2, -0.15) is 13.2 Å². The number of hydrogen-bond acceptors (Lipinski definition) is 6. The molecule has 1 aromatic heterocycles. The van der Waals surface area contributed by atoms with Crippen LogP contribution in [0, 0.1) is 0 Å². The standard InChI is InChI=1S/C21H26F3N5O/c22-21(23,24)17-3-1-2-16(12-17)14-28-6-4-18(5-7-28)27-19-13-20(26-15-25-19)29-8-10-30-11-9-29/h1-3,12-13,15,18H,4-11,14H2,(H,25,26,27). The Morgan fingerprint density at radius 2 is 1.80 bits per heavy atom. The minimum absolute atomic E-state index is 0.287. The summed E-state index contributed by atoms with van der Waals surface area (Å²) in [5.74, 6) is 1.71. The minimum atomic E-state index is -4.30. The van der Waals surface area contributed by atoms with Gasteiger partial charge in [-0.1, -0.05) is 18.2 Å². The molecule has 162 valence electrons. The Labute approximate surface area is 174 Å². The van der Waals surface area contributed by atoms with E-state index in [2.05, 4.69) is 25.1 Å². The van der Waals surface area contributed by atoms with Gasteiger partial charge in [0.05, 0.1) is 18.8 Å².